The third-order valence-corrected chi connectivity index (χ3v) is 7.76. The van der Waals surface area contributed by atoms with Crippen molar-refractivity contribution in [3.05, 3.63) is 116 Å². The van der Waals surface area contributed by atoms with Crippen molar-refractivity contribution in [3.8, 4) is 11.4 Å². The molecule has 3 aromatic carbocycles. The van der Waals surface area contributed by atoms with Gasteiger partial charge < -0.3 is 14.6 Å². The Morgan fingerprint density at radius 3 is 2.51 bits per heavy atom. The molecule has 2 aromatic heterocycles. The number of anilines is 1. The van der Waals surface area contributed by atoms with Crippen LogP contribution in [0.4, 0.5) is 10.1 Å². The number of nitrogens with zero attached hydrogens (tertiary/aromatic N) is 4. The van der Waals surface area contributed by atoms with Gasteiger partial charge in [-0.05, 0) is 93.1 Å². The lowest BCUT2D eigenvalue weighted by Gasteiger charge is -2.14. The van der Waals surface area contributed by atoms with Crippen molar-refractivity contribution in [2.75, 3.05) is 11.9 Å². The number of halogens is 2. The third-order valence-electron chi connectivity index (χ3n) is 7.26. The molecule has 1 N–H and O–H groups in total. The Bertz CT molecular complexity index is 1880. The van der Waals surface area contributed by atoms with Crippen molar-refractivity contribution in [1.82, 2.24) is 14.2 Å². The maximum Gasteiger partial charge on any atom is 0.282 e. The molecule has 0 aliphatic carbocycles. The molecule has 8 nitrogen and oxygen atoms in total. The van der Waals surface area contributed by atoms with Crippen molar-refractivity contribution in [2.45, 2.75) is 40.0 Å². The van der Waals surface area contributed by atoms with E-state index in [9.17, 15) is 14.0 Å². The SMILES string of the molecule is CC[C@H](C)c1nc2ccc(Br)cc2c(=O)n1N=Cc1cc(C)n(-c2ccc(OCC(=O)Nc3ccc(F)cc3)cc2)c1C. The van der Waals surface area contributed by atoms with Gasteiger partial charge in [-0.3, -0.25) is 9.59 Å². The number of ether oxygens (including phenoxy) is 1. The van der Waals surface area contributed by atoms with E-state index >= 15 is 0 Å². The molecule has 220 valence electrons. The van der Waals surface area contributed by atoms with Crippen LogP contribution in [0.15, 0.2) is 87.2 Å². The van der Waals surface area contributed by atoms with Crippen LogP contribution in [0.5, 0.6) is 5.75 Å². The third kappa shape index (κ3) is 6.59. The molecular weight excluding hydrogens is 613 g/mol. The van der Waals surface area contributed by atoms with E-state index in [-0.39, 0.29) is 29.8 Å². The standard InChI is InChI=1S/C33H31BrFN5O3/c1-5-20(2)32-38-30-15-6-24(34)17-29(30)33(42)40(32)36-18-23-16-21(3)39(22(23)4)27-11-13-28(14-12-27)43-19-31(41)37-26-9-7-25(35)8-10-26/h6-18,20H,5,19H2,1-4H3,(H,37,41)/t20-/m0/s1. The lowest BCUT2D eigenvalue weighted by Crippen LogP contribution is -2.23. The molecular formula is C33H31BrFN5O3. The molecule has 43 heavy (non-hydrogen) atoms. The Kier molecular flexibility index (Phi) is 8.86. The number of amides is 1. The van der Waals surface area contributed by atoms with Crippen molar-refractivity contribution < 1.29 is 13.9 Å². The van der Waals surface area contributed by atoms with Crippen molar-refractivity contribution >= 4 is 44.6 Å². The summed E-state index contributed by atoms with van der Waals surface area (Å²) in [6.45, 7) is 7.91. The molecule has 1 atom stereocenters. The molecule has 0 saturated carbocycles. The summed E-state index contributed by atoms with van der Waals surface area (Å²) in [4.78, 5) is 30.5. The lowest BCUT2D eigenvalue weighted by atomic mass is 10.1. The number of hydrogen-bond acceptors (Lipinski definition) is 5. The highest BCUT2D eigenvalue weighted by molar-refractivity contribution is 9.10. The second kappa shape index (κ2) is 12.7. The summed E-state index contributed by atoms with van der Waals surface area (Å²) in [7, 11) is 0. The van der Waals surface area contributed by atoms with Crippen LogP contribution in [0.25, 0.3) is 16.6 Å². The van der Waals surface area contributed by atoms with E-state index in [1.54, 1.807) is 24.4 Å². The van der Waals surface area contributed by atoms with Crippen molar-refractivity contribution in [1.29, 1.82) is 0 Å². The summed E-state index contributed by atoms with van der Waals surface area (Å²) in [5.41, 5.74) is 4.64. The Balaban J connectivity index is 1.35. The molecule has 2 heterocycles. The molecule has 0 aliphatic rings. The van der Waals surface area contributed by atoms with Gasteiger partial charge >= 0.3 is 0 Å². The molecule has 0 aliphatic heterocycles. The predicted octanol–water partition coefficient (Wildman–Crippen LogP) is 7.12. The molecule has 0 radical (unpaired) electrons. The average Bonchev–Trinajstić information content (AvgIpc) is 3.29. The van der Waals surface area contributed by atoms with Crippen molar-refractivity contribution in [3.63, 3.8) is 0 Å². The molecule has 5 rings (SSSR count). The van der Waals surface area contributed by atoms with Gasteiger partial charge in [0.15, 0.2) is 6.61 Å². The van der Waals surface area contributed by atoms with E-state index in [1.807, 2.05) is 51.1 Å². The van der Waals surface area contributed by atoms with Crippen LogP contribution in [0.3, 0.4) is 0 Å². The zero-order chi connectivity index (χ0) is 30.7. The second-order valence-electron chi connectivity index (χ2n) is 10.3. The van der Waals surface area contributed by atoms with Crippen LogP contribution in [-0.4, -0.2) is 33.0 Å². The molecule has 5 aromatic rings. The highest BCUT2D eigenvalue weighted by Gasteiger charge is 2.16. The second-order valence-corrected chi connectivity index (χ2v) is 11.2. The van der Waals surface area contributed by atoms with Gasteiger partial charge in [0.2, 0.25) is 0 Å². The van der Waals surface area contributed by atoms with Gasteiger partial charge in [-0.15, -0.1) is 0 Å². The largest absolute Gasteiger partial charge is 0.484 e. The Morgan fingerprint density at radius 1 is 1.09 bits per heavy atom. The maximum absolute atomic E-state index is 13.5. The van der Waals surface area contributed by atoms with Gasteiger partial charge in [0.1, 0.15) is 17.4 Å². The number of fused-ring (bicyclic) bond motifs is 1. The van der Waals surface area contributed by atoms with Gasteiger partial charge in [0, 0.05) is 38.7 Å². The smallest absolute Gasteiger partial charge is 0.282 e. The van der Waals surface area contributed by atoms with Gasteiger partial charge in [0.05, 0.1) is 17.1 Å². The van der Waals surface area contributed by atoms with Crippen LogP contribution >= 0.6 is 15.9 Å². The minimum atomic E-state index is -0.371. The molecule has 0 bridgehead atoms. The Morgan fingerprint density at radius 2 is 1.81 bits per heavy atom. The predicted molar refractivity (Wildman–Crippen MR) is 171 cm³/mol. The number of carbonyl (C=O) groups excluding carboxylic acids is 1. The Hall–Kier alpha value is -4.57. The van der Waals surface area contributed by atoms with Gasteiger partial charge in [0.25, 0.3) is 11.5 Å². The fraction of sp³-hybridized carbons (Fsp3) is 0.212. The number of aryl methyl sites for hydroxylation is 1. The highest BCUT2D eigenvalue weighted by Crippen LogP contribution is 2.24. The van der Waals surface area contributed by atoms with E-state index in [0.717, 1.165) is 33.5 Å². The minimum absolute atomic E-state index is 0.0417. The zero-order valence-corrected chi connectivity index (χ0v) is 25.9. The number of benzene rings is 3. The first-order valence-electron chi connectivity index (χ1n) is 13.9. The number of aromatic nitrogens is 3. The summed E-state index contributed by atoms with van der Waals surface area (Å²) in [5.74, 6) is 0.481. The zero-order valence-electron chi connectivity index (χ0n) is 24.3. The van der Waals surface area contributed by atoms with Crippen molar-refractivity contribution in [2.24, 2.45) is 5.10 Å². The molecule has 0 saturated heterocycles. The molecule has 0 fully saturated rings. The summed E-state index contributed by atoms with van der Waals surface area (Å²) in [6, 6.07) is 20.5. The van der Waals surface area contributed by atoms with Gasteiger partial charge in [-0.2, -0.15) is 9.78 Å². The maximum atomic E-state index is 13.5. The first kappa shape index (κ1) is 29.9. The number of nitrogens with one attached hydrogen (secondary N) is 1. The molecule has 0 spiro atoms. The highest BCUT2D eigenvalue weighted by atomic mass is 79.9. The first-order chi connectivity index (χ1) is 20.6. The molecule has 10 heteroatoms. The fourth-order valence-corrected chi connectivity index (χ4v) is 5.15. The van der Waals surface area contributed by atoms with E-state index in [2.05, 4.69) is 37.8 Å². The van der Waals surface area contributed by atoms with Gasteiger partial charge in [-0.1, -0.05) is 29.8 Å². The minimum Gasteiger partial charge on any atom is -0.484 e. The van der Waals surface area contributed by atoms with E-state index in [0.29, 0.717) is 28.2 Å². The monoisotopic (exact) mass is 643 g/mol. The van der Waals surface area contributed by atoms with Crippen LogP contribution in [0.1, 0.15) is 49.0 Å². The number of hydrogen-bond donors (Lipinski definition) is 1. The normalized spacial score (nSPS) is 12.1. The van der Waals surface area contributed by atoms with E-state index < -0.39 is 0 Å². The van der Waals surface area contributed by atoms with Crippen LogP contribution in [-0.2, 0) is 4.79 Å². The van der Waals surface area contributed by atoms with Crippen LogP contribution < -0.4 is 15.6 Å². The average molecular weight is 645 g/mol. The summed E-state index contributed by atoms with van der Waals surface area (Å²) in [5, 5.41) is 7.80. The molecule has 1 amide bonds. The summed E-state index contributed by atoms with van der Waals surface area (Å²) >= 11 is 3.45. The number of rotatable bonds is 9. The van der Waals surface area contributed by atoms with Gasteiger partial charge in [-0.25, -0.2) is 9.37 Å². The van der Waals surface area contributed by atoms with E-state index in [4.69, 9.17) is 9.72 Å². The lowest BCUT2D eigenvalue weighted by molar-refractivity contribution is -0.118. The first-order valence-corrected chi connectivity index (χ1v) is 14.7. The summed E-state index contributed by atoms with van der Waals surface area (Å²) in [6.07, 6.45) is 2.52. The van der Waals surface area contributed by atoms with Crippen LogP contribution in [0, 0.1) is 19.7 Å². The fourth-order valence-electron chi connectivity index (χ4n) is 4.79. The van der Waals surface area contributed by atoms with E-state index in [1.165, 1.54) is 28.9 Å². The summed E-state index contributed by atoms with van der Waals surface area (Å²) < 4.78 is 23.0. The molecule has 0 unspecified atom stereocenters. The Labute approximate surface area is 257 Å². The quantitative estimate of drug-likeness (QED) is 0.173. The number of carbonyl (C=O) groups is 1. The van der Waals surface area contributed by atoms with Crippen LogP contribution in [0.2, 0.25) is 0 Å². The topological polar surface area (TPSA) is 90.5 Å².